The second kappa shape index (κ2) is 10.1. The molecule has 1 atom stereocenters. The molecular formula is C24H32N2O4. The zero-order chi connectivity index (χ0) is 22.3. The van der Waals surface area contributed by atoms with Crippen LogP contribution in [0.3, 0.4) is 0 Å². The smallest absolute Gasteiger partial charge is 0.407 e. The standard InChI is InChI=1S/C24H32N2O4/c1-16-15-19(11-12-21(16)29-6)17(2)26-22(27)20-10-8-7-9-18(20)13-14-25-23(28)30-24(3,4)5/h7-12,15,17H,13-14H2,1-6H3,(H,25,28)(H,26,27)/t17-/m1/s1. The van der Waals surface area contributed by atoms with E-state index in [0.717, 1.165) is 22.4 Å². The second-order valence-corrected chi connectivity index (χ2v) is 8.26. The summed E-state index contributed by atoms with van der Waals surface area (Å²) in [5.74, 6) is 0.670. The van der Waals surface area contributed by atoms with Gasteiger partial charge < -0.3 is 20.1 Å². The van der Waals surface area contributed by atoms with Crippen LogP contribution in [0.2, 0.25) is 0 Å². The lowest BCUT2D eigenvalue weighted by atomic mass is 10.0. The minimum atomic E-state index is -0.544. The van der Waals surface area contributed by atoms with E-state index in [9.17, 15) is 9.59 Å². The number of methoxy groups -OCH3 is 1. The molecule has 2 aromatic rings. The first-order chi connectivity index (χ1) is 14.1. The fourth-order valence-corrected chi connectivity index (χ4v) is 3.10. The van der Waals surface area contributed by atoms with Gasteiger partial charge >= 0.3 is 6.09 Å². The molecule has 6 nitrogen and oxygen atoms in total. The lowest BCUT2D eigenvalue weighted by Crippen LogP contribution is -2.34. The molecule has 0 spiro atoms. The summed E-state index contributed by atoms with van der Waals surface area (Å²) in [7, 11) is 1.64. The Morgan fingerprint density at radius 2 is 1.80 bits per heavy atom. The maximum Gasteiger partial charge on any atom is 0.407 e. The summed E-state index contributed by atoms with van der Waals surface area (Å²) >= 11 is 0. The van der Waals surface area contributed by atoms with Gasteiger partial charge in [-0.25, -0.2) is 4.79 Å². The topological polar surface area (TPSA) is 76.7 Å². The van der Waals surface area contributed by atoms with Gasteiger partial charge in [-0.3, -0.25) is 4.79 Å². The predicted octanol–water partition coefficient (Wildman–Crippen LogP) is 4.56. The third-order valence-corrected chi connectivity index (χ3v) is 4.59. The van der Waals surface area contributed by atoms with Crippen LogP contribution in [0.15, 0.2) is 42.5 Å². The molecule has 0 aromatic heterocycles. The molecule has 162 valence electrons. The monoisotopic (exact) mass is 412 g/mol. The Morgan fingerprint density at radius 3 is 2.43 bits per heavy atom. The van der Waals surface area contributed by atoms with Crippen LogP contribution in [0.5, 0.6) is 5.75 Å². The van der Waals surface area contributed by atoms with Crippen LogP contribution in [0.25, 0.3) is 0 Å². The number of amides is 2. The molecule has 30 heavy (non-hydrogen) atoms. The number of nitrogens with one attached hydrogen (secondary N) is 2. The molecule has 2 N–H and O–H groups in total. The highest BCUT2D eigenvalue weighted by atomic mass is 16.6. The average molecular weight is 413 g/mol. The summed E-state index contributed by atoms with van der Waals surface area (Å²) in [6, 6.07) is 13.1. The second-order valence-electron chi connectivity index (χ2n) is 8.26. The Bertz CT molecular complexity index is 887. The Kier molecular flexibility index (Phi) is 7.86. The van der Waals surface area contributed by atoms with E-state index in [1.165, 1.54) is 0 Å². The minimum Gasteiger partial charge on any atom is -0.496 e. The normalized spacial score (nSPS) is 12.1. The Hall–Kier alpha value is -3.02. The number of alkyl carbamates (subject to hydrolysis) is 1. The molecule has 0 bridgehead atoms. The molecule has 2 rings (SSSR count). The van der Waals surface area contributed by atoms with Crippen LogP contribution < -0.4 is 15.4 Å². The fourth-order valence-electron chi connectivity index (χ4n) is 3.10. The Balaban J connectivity index is 2.01. The molecule has 0 saturated heterocycles. The van der Waals surface area contributed by atoms with E-state index in [1.54, 1.807) is 13.2 Å². The molecule has 0 heterocycles. The van der Waals surface area contributed by atoms with Gasteiger partial charge in [0.1, 0.15) is 11.4 Å². The fraction of sp³-hybridized carbons (Fsp3) is 0.417. The first kappa shape index (κ1) is 23.3. The summed E-state index contributed by atoms with van der Waals surface area (Å²) in [5, 5.41) is 5.79. The summed E-state index contributed by atoms with van der Waals surface area (Å²) in [6.07, 6.45) is 0.0618. The van der Waals surface area contributed by atoms with Gasteiger partial charge in [-0.2, -0.15) is 0 Å². The van der Waals surface area contributed by atoms with E-state index >= 15 is 0 Å². The van der Waals surface area contributed by atoms with Crippen LogP contribution in [-0.4, -0.2) is 31.3 Å². The van der Waals surface area contributed by atoms with Crippen LogP contribution >= 0.6 is 0 Å². The highest BCUT2D eigenvalue weighted by molar-refractivity contribution is 5.96. The van der Waals surface area contributed by atoms with E-state index < -0.39 is 11.7 Å². The van der Waals surface area contributed by atoms with E-state index in [1.807, 2.05) is 71.0 Å². The van der Waals surface area contributed by atoms with Crippen molar-refractivity contribution >= 4 is 12.0 Å². The van der Waals surface area contributed by atoms with Gasteiger partial charge in [0.05, 0.1) is 13.2 Å². The van der Waals surface area contributed by atoms with E-state index in [0.29, 0.717) is 18.5 Å². The number of rotatable bonds is 7. The van der Waals surface area contributed by atoms with Crippen LogP contribution in [0.1, 0.15) is 60.8 Å². The van der Waals surface area contributed by atoms with Crippen LogP contribution in [0.4, 0.5) is 4.79 Å². The molecule has 0 saturated carbocycles. The van der Waals surface area contributed by atoms with Gasteiger partial charge in [-0.05, 0) is 69.9 Å². The van der Waals surface area contributed by atoms with Crippen LogP contribution in [0, 0.1) is 6.92 Å². The third kappa shape index (κ3) is 6.79. The molecule has 6 heteroatoms. The average Bonchev–Trinajstić information content (AvgIpc) is 2.66. The van der Waals surface area contributed by atoms with Crippen molar-refractivity contribution in [1.82, 2.24) is 10.6 Å². The van der Waals surface area contributed by atoms with Crippen molar-refractivity contribution in [3.63, 3.8) is 0 Å². The van der Waals surface area contributed by atoms with Gasteiger partial charge in [0, 0.05) is 12.1 Å². The predicted molar refractivity (Wildman–Crippen MR) is 118 cm³/mol. The van der Waals surface area contributed by atoms with E-state index in [2.05, 4.69) is 10.6 Å². The van der Waals surface area contributed by atoms with E-state index in [-0.39, 0.29) is 11.9 Å². The number of benzene rings is 2. The van der Waals surface area contributed by atoms with Crippen molar-refractivity contribution in [2.75, 3.05) is 13.7 Å². The van der Waals surface area contributed by atoms with Crippen LogP contribution in [-0.2, 0) is 11.2 Å². The SMILES string of the molecule is COc1ccc([C@@H](C)NC(=O)c2ccccc2CCNC(=O)OC(C)(C)C)cc1C. The number of carbonyl (C=O) groups is 2. The van der Waals surface area contributed by atoms with Crippen molar-refractivity contribution in [2.24, 2.45) is 0 Å². The molecule has 0 aliphatic carbocycles. The lowest BCUT2D eigenvalue weighted by molar-refractivity contribution is 0.0528. The first-order valence-corrected chi connectivity index (χ1v) is 10.1. The molecule has 0 aliphatic rings. The highest BCUT2D eigenvalue weighted by Crippen LogP contribution is 2.23. The summed E-state index contributed by atoms with van der Waals surface area (Å²) in [6.45, 7) is 9.76. The van der Waals surface area contributed by atoms with Gasteiger partial charge in [0.2, 0.25) is 0 Å². The molecule has 0 fully saturated rings. The van der Waals surface area contributed by atoms with Crippen molar-refractivity contribution < 1.29 is 19.1 Å². The summed E-state index contributed by atoms with van der Waals surface area (Å²) in [5.41, 5.74) is 2.94. The van der Waals surface area contributed by atoms with Gasteiger partial charge in [-0.1, -0.05) is 30.3 Å². The first-order valence-electron chi connectivity index (χ1n) is 10.1. The third-order valence-electron chi connectivity index (χ3n) is 4.59. The zero-order valence-corrected chi connectivity index (χ0v) is 18.7. The number of aryl methyl sites for hydroxylation is 1. The minimum absolute atomic E-state index is 0.149. The van der Waals surface area contributed by atoms with Crippen molar-refractivity contribution in [1.29, 1.82) is 0 Å². The Morgan fingerprint density at radius 1 is 1.10 bits per heavy atom. The lowest BCUT2D eigenvalue weighted by Gasteiger charge is -2.20. The van der Waals surface area contributed by atoms with E-state index in [4.69, 9.17) is 9.47 Å². The van der Waals surface area contributed by atoms with Crippen molar-refractivity contribution in [2.45, 2.75) is 52.7 Å². The molecule has 2 amide bonds. The van der Waals surface area contributed by atoms with Gasteiger partial charge in [-0.15, -0.1) is 0 Å². The number of ether oxygens (including phenoxy) is 2. The van der Waals surface area contributed by atoms with Gasteiger partial charge in [0.15, 0.2) is 0 Å². The highest BCUT2D eigenvalue weighted by Gasteiger charge is 2.17. The number of hydrogen-bond donors (Lipinski definition) is 2. The Labute approximate surface area is 179 Å². The molecule has 0 unspecified atom stereocenters. The zero-order valence-electron chi connectivity index (χ0n) is 18.7. The maximum absolute atomic E-state index is 12.9. The maximum atomic E-state index is 12.9. The van der Waals surface area contributed by atoms with Gasteiger partial charge in [0.25, 0.3) is 5.91 Å². The summed E-state index contributed by atoms with van der Waals surface area (Å²) in [4.78, 5) is 24.7. The molecule has 2 aromatic carbocycles. The molecule has 0 aliphatic heterocycles. The van der Waals surface area contributed by atoms with Crippen molar-refractivity contribution in [3.05, 3.63) is 64.7 Å². The largest absolute Gasteiger partial charge is 0.496 e. The number of hydrogen-bond acceptors (Lipinski definition) is 4. The molecule has 0 radical (unpaired) electrons. The number of carbonyl (C=O) groups excluding carboxylic acids is 2. The quantitative estimate of drug-likeness (QED) is 0.699. The van der Waals surface area contributed by atoms with Crippen molar-refractivity contribution in [3.8, 4) is 5.75 Å². The summed E-state index contributed by atoms with van der Waals surface area (Å²) < 4.78 is 10.5. The molecular weight excluding hydrogens is 380 g/mol.